The van der Waals surface area contributed by atoms with Gasteiger partial charge in [-0.3, -0.25) is 9.69 Å². The summed E-state index contributed by atoms with van der Waals surface area (Å²) in [6, 6.07) is 12.1. The van der Waals surface area contributed by atoms with Gasteiger partial charge in [0.05, 0.1) is 11.6 Å². The van der Waals surface area contributed by atoms with Gasteiger partial charge < -0.3 is 15.5 Å². The first-order valence-electron chi connectivity index (χ1n) is 13.8. The molecule has 0 radical (unpaired) electrons. The molecule has 2 aliphatic rings. The second-order valence-electron chi connectivity index (χ2n) is 10.3. The molecule has 4 heterocycles. The third-order valence-electron chi connectivity index (χ3n) is 7.56. The third kappa shape index (κ3) is 5.44. The van der Waals surface area contributed by atoms with Crippen molar-refractivity contribution < 1.29 is 13.6 Å². The van der Waals surface area contributed by atoms with E-state index < -0.39 is 11.7 Å². The molecule has 0 spiro atoms. The number of halogens is 2. The number of carbonyl (C=O) groups is 1. The lowest BCUT2D eigenvalue weighted by Gasteiger charge is -2.34. The molecule has 2 N–H and O–H groups in total. The third-order valence-corrected chi connectivity index (χ3v) is 7.56. The van der Waals surface area contributed by atoms with E-state index in [9.17, 15) is 9.18 Å². The number of piperidine rings is 2. The number of hydrogen-bond donors (Lipinski definition) is 2. The lowest BCUT2D eigenvalue weighted by atomic mass is 10.0. The highest BCUT2D eigenvalue weighted by Gasteiger charge is 2.31. The molecule has 8 nitrogen and oxygen atoms in total. The first-order valence-corrected chi connectivity index (χ1v) is 13.8. The van der Waals surface area contributed by atoms with E-state index >= 15 is 4.39 Å². The van der Waals surface area contributed by atoms with E-state index in [4.69, 9.17) is 0 Å². The number of hydrogen-bond acceptors (Lipinski definition) is 7. The van der Waals surface area contributed by atoms with Gasteiger partial charge in [-0.05, 0) is 92.6 Å². The van der Waals surface area contributed by atoms with E-state index in [1.54, 1.807) is 35.5 Å². The molecule has 0 unspecified atom stereocenters. The van der Waals surface area contributed by atoms with E-state index in [0.717, 1.165) is 51.1 Å². The molecule has 1 atom stereocenters. The number of anilines is 4. The molecular weight excluding hydrogens is 512 g/mol. The summed E-state index contributed by atoms with van der Waals surface area (Å²) in [7, 11) is 0. The van der Waals surface area contributed by atoms with Crippen LogP contribution in [-0.4, -0.2) is 53.1 Å². The van der Waals surface area contributed by atoms with Crippen LogP contribution in [0.3, 0.4) is 0 Å². The number of fused-ring (bicyclic) bond motifs is 1. The van der Waals surface area contributed by atoms with Gasteiger partial charge in [0.1, 0.15) is 23.3 Å². The van der Waals surface area contributed by atoms with Crippen LogP contribution in [0.1, 0.15) is 42.5 Å². The number of carbonyl (C=O) groups excluding carboxylic acids is 1. The number of aromatic nitrogens is 3. The predicted octanol–water partition coefficient (Wildman–Crippen LogP) is 5.44. The average molecular weight is 544 g/mol. The number of pyridine rings is 1. The van der Waals surface area contributed by atoms with Crippen LogP contribution in [0, 0.1) is 11.6 Å². The Hall–Kier alpha value is -4.18. The Labute approximate surface area is 231 Å². The minimum Gasteiger partial charge on any atom is -0.356 e. The molecule has 0 saturated carbocycles. The molecule has 40 heavy (non-hydrogen) atoms. The highest BCUT2D eigenvalue weighted by molar-refractivity contribution is 6.10. The summed E-state index contributed by atoms with van der Waals surface area (Å²) in [6.07, 6.45) is 8.33. The van der Waals surface area contributed by atoms with Crippen molar-refractivity contribution in [2.24, 2.45) is 0 Å². The number of nitrogens with zero attached hydrogens (tertiary/aromatic N) is 5. The zero-order chi connectivity index (χ0) is 27.5. The van der Waals surface area contributed by atoms with Crippen molar-refractivity contribution in [2.75, 3.05) is 41.3 Å². The largest absolute Gasteiger partial charge is 0.356 e. The molecule has 2 saturated heterocycles. The number of amides is 1. The zero-order valence-corrected chi connectivity index (χ0v) is 22.1. The van der Waals surface area contributed by atoms with Crippen molar-refractivity contribution in [1.82, 2.24) is 20.3 Å². The lowest BCUT2D eigenvalue weighted by molar-refractivity contribution is 0.0968. The van der Waals surface area contributed by atoms with Gasteiger partial charge in [0, 0.05) is 43.1 Å². The predicted molar refractivity (Wildman–Crippen MR) is 152 cm³/mol. The zero-order valence-electron chi connectivity index (χ0n) is 22.1. The molecule has 6 rings (SSSR count). The molecule has 2 aliphatic heterocycles. The lowest BCUT2D eigenvalue weighted by Crippen LogP contribution is -2.49. The minimum atomic E-state index is -0.665. The van der Waals surface area contributed by atoms with Gasteiger partial charge in [-0.15, -0.1) is 0 Å². The summed E-state index contributed by atoms with van der Waals surface area (Å²) < 4.78 is 29.5. The molecule has 2 aromatic carbocycles. The van der Waals surface area contributed by atoms with Gasteiger partial charge in [-0.2, -0.15) is 4.98 Å². The van der Waals surface area contributed by atoms with Crippen molar-refractivity contribution in [3.63, 3.8) is 0 Å². The normalized spacial score (nSPS) is 17.6. The molecule has 4 aromatic rings. The molecule has 206 valence electrons. The number of nitrogens with one attached hydrogen (secondary N) is 2. The Balaban J connectivity index is 1.29. The molecule has 0 aliphatic carbocycles. The highest BCUT2D eigenvalue weighted by atomic mass is 19.1. The molecule has 10 heteroatoms. The first-order chi connectivity index (χ1) is 19.6. The van der Waals surface area contributed by atoms with Gasteiger partial charge >= 0.3 is 0 Å². The average Bonchev–Trinajstić information content (AvgIpc) is 2.98. The van der Waals surface area contributed by atoms with Crippen LogP contribution in [0.5, 0.6) is 0 Å². The van der Waals surface area contributed by atoms with E-state index in [2.05, 4.69) is 30.5 Å². The maximum absolute atomic E-state index is 15.6. The quantitative estimate of drug-likeness (QED) is 0.335. The summed E-state index contributed by atoms with van der Waals surface area (Å²) >= 11 is 0. The second kappa shape index (κ2) is 11.5. The Bertz CT molecular complexity index is 1520. The van der Waals surface area contributed by atoms with Gasteiger partial charge in [-0.1, -0.05) is 0 Å². The number of benzene rings is 2. The van der Waals surface area contributed by atoms with Crippen molar-refractivity contribution in [3.8, 4) is 0 Å². The summed E-state index contributed by atoms with van der Waals surface area (Å²) in [5.74, 6) is 0.0575. The summed E-state index contributed by atoms with van der Waals surface area (Å²) in [6.45, 7) is 3.31. The fraction of sp³-hybridized carbons (Fsp3) is 0.333. The van der Waals surface area contributed by atoms with E-state index in [1.165, 1.54) is 30.7 Å². The van der Waals surface area contributed by atoms with E-state index in [-0.39, 0.29) is 17.4 Å². The van der Waals surface area contributed by atoms with Crippen molar-refractivity contribution >= 4 is 40.0 Å². The molecule has 1 amide bonds. The Morgan fingerprint density at radius 3 is 2.62 bits per heavy atom. The smallest absolute Gasteiger partial charge is 0.262 e. The van der Waals surface area contributed by atoms with Crippen LogP contribution < -0.4 is 20.4 Å². The van der Waals surface area contributed by atoms with E-state index in [1.807, 2.05) is 6.07 Å². The fourth-order valence-electron chi connectivity index (χ4n) is 5.55. The second-order valence-corrected chi connectivity index (χ2v) is 10.3. The summed E-state index contributed by atoms with van der Waals surface area (Å²) in [5, 5.41) is 7.65. The van der Waals surface area contributed by atoms with Gasteiger partial charge in [-0.25, -0.2) is 18.7 Å². The Morgan fingerprint density at radius 2 is 1.82 bits per heavy atom. The Kier molecular flexibility index (Phi) is 7.50. The summed E-state index contributed by atoms with van der Waals surface area (Å²) in [5.41, 5.74) is 0.370. The van der Waals surface area contributed by atoms with Crippen molar-refractivity contribution in [2.45, 2.75) is 38.1 Å². The maximum atomic E-state index is 15.6. The SMILES string of the molecule is O=C(c1ccc(Nc2nccc(N3CCCCC3)n2)cc1F)N(c1nccc2cc(F)ccc12)[C@@H]1CCCNC1. The van der Waals surface area contributed by atoms with Crippen LogP contribution in [0.15, 0.2) is 60.9 Å². The van der Waals surface area contributed by atoms with Crippen LogP contribution in [0.25, 0.3) is 10.8 Å². The highest BCUT2D eigenvalue weighted by Crippen LogP contribution is 2.31. The molecule has 2 aromatic heterocycles. The minimum absolute atomic E-state index is 0.0694. The van der Waals surface area contributed by atoms with Crippen molar-refractivity contribution in [1.29, 1.82) is 0 Å². The van der Waals surface area contributed by atoms with Gasteiger partial charge in [0.2, 0.25) is 5.95 Å². The van der Waals surface area contributed by atoms with Gasteiger partial charge in [0.15, 0.2) is 0 Å². The van der Waals surface area contributed by atoms with Crippen LogP contribution in [-0.2, 0) is 0 Å². The fourth-order valence-corrected chi connectivity index (χ4v) is 5.55. The van der Waals surface area contributed by atoms with Crippen LogP contribution >= 0.6 is 0 Å². The van der Waals surface area contributed by atoms with Crippen LogP contribution in [0.2, 0.25) is 0 Å². The van der Waals surface area contributed by atoms with Crippen LogP contribution in [0.4, 0.5) is 32.1 Å². The first kappa shape index (κ1) is 26.1. The molecular formula is C30H31F2N7O. The standard InChI is InChI=1S/C30H31F2N7O/c31-21-6-8-24-20(17-21)10-13-34-28(24)39(23-5-4-12-33-19-23)29(40)25-9-7-22(18-26(25)32)36-30-35-14-11-27(37-30)38-15-2-1-3-16-38/h6-11,13-14,17-18,23,33H,1-5,12,15-16,19H2,(H,35,36,37)/t23-/m1/s1. The molecule has 2 fully saturated rings. The Morgan fingerprint density at radius 1 is 0.975 bits per heavy atom. The number of rotatable bonds is 6. The monoisotopic (exact) mass is 543 g/mol. The summed E-state index contributed by atoms with van der Waals surface area (Å²) in [4.78, 5) is 31.2. The van der Waals surface area contributed by atoms with Crippen molar-refractivity contribution in [3.05, 3.63) is 78.1 Å². The van der Waals surface area contributed by atoms with E-state index in [0.29, 0.717) is 34.8 Å². The van der Waals surface area contributed by atoms with Gasteiger partial charge in [0.25, 0.3) is 5.91 Å². The molecule has 0 bridgehead atoms. The topological polar surface area (TPSA) is 86.3 Å². The maximum Gasteiger partial charge on any atom is 0.262 e.